The normalized spacial score (nSPS) is 21.9. The standard InChI is InChI=1S/C10H14N4O2S2/c1-14-9(12-13-10(14)17-4-3-11)6-8-2-5-18(15,16)7-8/h8H,2,4-7H2,1H3/t8-/m0/s1. The lowest BCUT2D eigenvalue weighted by Crippen LogP contribution is -2.11. The summed E-state index contributed by atoms with van der Waals surface area (Å²) in [5.41, 5.74) is 0. The molecule has 8 heteroatoms. The third-order valence-electron chi connectivity index (χ3n) is 2.99. The third-order valence-corrected chi connectivity index (χ3v) is 5.71. The van der Waals surface area contributed by atoms with Crippen LogP contribution in [0.15, 0.2) is 5.16 Å². The monoisotopic (exact) mass is 286 g/mol. The lowest BCUT2D eigenvalue weighted by atomic mass is 10.1. The first-order chi connectivity index (χ1) is 8.52. The zero-order chi connectivity index (χ0) is 13.2. The fourth-order valence-corrected chi connectivity index (χ4v) is 4.49. The van der Waals surface area contributed by atoms with E-state index < -0.39 is 9.84 Å². The van der Waals surface area contributed by atoms with Crippen molar-refractivity contribution in [2.24, 2.45) is 13.0 Å². The molecule has 0 bridgehead atoms. The Kier molecular flexibility index (Phi) is 3.92. The number of aromatic nitrogens is 3. The summed E-state index contributed by atoms with van der Waals surface area (Å²) in [6.45, 7) is 0. The molecule has 0 unspecified atom stereocenters. The van der Waals surface area contributed by atoms with Crippen molar-refractivity contribution in [2.75, 3.05) is 17.3 Å². The van der Waals surface area contributed by atoms with E-state index in [0.717, 1.165) is 5.82 Å². The number of sulfone groups is 1. The number of nitriles is 1. The van der Waals surface area contributed by atoms with Crippen molar-refractivity contribution < 1.29 is 8.42 Å². The Balaban J connectivity index is 2.03. The van der Waals surface area contributed by atoms with Crippen LogP contribution in [0.5, 0.6) is 0 Å². The highest BCUT2D eigenvalue weighted by Gasteiger charge is 2.29. The van der Waals surface area contributed by atoms with Crippen LogP contribution in [0.3, 0.4) is 0 Å². The summed E-state index contributed by atoms with van der Waals surface area (Å²) in [4.78, 5) is 0. The third kappa shape index (κ3) is 3.03. The number of rotatable bonds is 4. The average Bonchev–Trinajstić information content (AvgIpc) is 2.82. The summed E-state index contributed by atoms with van der Waals surface area (Å²) in [5, 5.41) is 17.3. The van der Waals surface area contributed by atoms with E-state index in [1.165, 1.54) is 11.8 Å². The molecule has 0 aliphatic carbocycles. The van der Waals surface area contributed by atoms with Gasteiger partial charge in [0.2, 0.25) is 0 Å². The van der Waals surface area contributed by atoms with Gasteiger partial charge in [0.25, 0.3) is 0 Å². The Hall–Kier alpha value is -1.07. The smallest absolute Gasteiger partial charge is 0.191 e. The van der Waals surface area contributed by atoms with Crippen LogP contribution in [0.2, 0.25) is 0 Å². The summed E-state index contributed by atoms with van der Waals surface area (Å²) in [5.74, 6) is 1.81. The van der Waals surface area contributed by atoms with Gasteiger partial charge in [-0.3, -0.25) is 0 Å². The quantitative estimate of drug-likeness (QED) is 0.745. The largest absolute Gasteiger partial charge is 0.309 e. The predicted octanol–water partition coefficient (Wildman–Crippen LogP) is 0.408. The summed E-state index contributed by atoms with van der Waals surface area (Å²) >= 11 is 1.34. The van der Waals surface area contributed by atoms with Gasteiger partial charge < -0.3 is 4.57 Å². The van der Waals surface area contributed by atoms with Crippen LogP contribution >= 0.6 is 11.8 Å². The Morgan fingerprint density at radius 1 is 1.56 bits per heavy atom. The van der Waals surface area contributed by atoms with E-state index in [9.17, 15) is 8.42 Å². The molecular weight excluding hydrogens is 272 g/mol. The van der Waals surface area contributed by atoms with Crippen LogP contribution in [-0.4, -0.2) is 40.4 Å². The van der Waals surface area contributed by atoms with E-state index in [1.54, 1.807) is 0 Å². The van der Waals surface area contributed by atoms with Gasteiger partial charge in [0, 0.05) is 13.5 Å². The molecule has 0 aromatic carbocycles. The highest BCUT2D eigenvalue weighted by molar-refractivity contribution is 7.99. The molecule has 1 fully saturated rings. The van der Waals surface area contributed by atoms with Crippen molar-refractivity contribution in [3.8, 4) is 6.07 Å². The van der Waals surface area contributed by atoms with Crippen molar-refractivity contribution in [3.05, 3.63) is 5.82 Å². The van der Waals surface area contributed by atoms with Crippen molar-refractivity contribution in [3.63, 3.8) is 0 Å². The Morgan fingerprint density at radius 3 is 2.94 bits per heavy atom. The van der Waals surface area contributed by atoms with Gasteiger partial charge in [-0.15, -0.1) is 10.2 Å². The molecule has 0 radical (unpaired) electrons. The highest BCUT2D eigenvalue weighted by atomic mass is 32.2. The number of hydrogen-bond donors (Lipinski definition) is 0. The SMILES string of the molecule is Cn1c(C[C@@H]2CCS(=O)(=O)C2)nnc1SCC#N. The zero-order valence-electron chi connectivity index (χ0n) is 10.0. The maximum absolute atomic E-state index is 11.4. The molecule has 1 aliphatic heterocycles. The lowest BCUT2D eigenvalue weighted by molar-refractivity contribution is 0.552. The Labute approximate surface area is 110 Å². The summed E-state index contributed by atoms with van der Waals surface area (Å²) in [6, 6.07) is 2.04. The minimum Gasteiger partial charge on any atom is -0.309 e. The van der Waals surface area contributed by atoms with Crippen molar-refractivity contribution in [1.29, 1.82) is 5.26 Å². The first-order valence-electron chi connectivity index (χ1n) is 5.60. The molecule has 0 saturated carbocycles. The zero-order valence-corrected chi connectivity index (χ0v) is 11.7. The van der Waals surface area contributed by atoms with E-state index in [0.29, 0.717) is 23.8 Å². The number of hydrogen-bond acceptors (Lipinski definition) is 6. The van der Waals surface area contributed by atoms with Gasteiger partial charge >= 0.3 is 0 Å². The average molecular weight is 286 g/mol. The maximum Gasteiger partial charge on any atom is 0.191 e. The van der Waals surface area contributed by atoms with Crippen LogP contribution in [0, 0.1) is 17.2 Å². The second-order valence-electron chi connectivity index (χ2n) is 4.38. The second-order valence-corrected chi connectivity index (χ2v) is 7.55. The van der Waals surface area contributed by atoms with Gasteiger partial charge in [0.05, 0.1) is 23.3 Å². The van der Waals surface area contributed by atoms with E-state index in [2.05, 4.69) is 10.2 Å². The molecular formula is C10H14N4O2S2. The van der Waals surface area contributed by atoms with Gasteiger partial charge in [-0.05, 0) is 12.3 Å². The Bertz CT molecular complexity index is 573. The van der Waals surface area contributed by atoms with Gasteiger partial charge in [-0.1, -0.05) is 11.8 Å². The van der Waals surface area contributed by atoms with Crippen molar-refractivity contribution in [1.82, 2.24) is 14.8 Å². The Morgan fingerprint density at radius 2 is 2.33 bits per heavy atom. The molecule has 18 heavy (non-hydrogen) atoms. The molecule has 98 valence electrons. The van der Waals surface area contributed by atoms with Crippen LogP contribution in [-0.2, 0) is 23.3 Å². The summed E-state index contributed by atoms with van der Waals surface area (Å²) in [7, 11) is -0.996. The molecule has 0 amide bonds. The highest BCUT2D eigenvalue weighted by Crippen LogP contribution is 2.23. The van der Waals surface area contributed by atoms with Crippen LogP contribution < -0.4 is 0 Å². The van der Waals surface area contributed by atoms with Gasteiger partial charge in [-0.2, -0.15) is 5.26 Å². The molecule has 2 rings (SSSR count). The molecule has 0 spiro atoms. The van der Waals surface area contributed by atoms with E-state index in [-0.39, 0.29) is 17.4 Å². The van der Waals surface area contributed by atoms with Gasteiger partial charge in [0.15, 0.2) is 15.0 Å². The molecule has 1 aromatic heterocycles. The predicted molar refractivity (Wildman–Crippen MR) is 67.8 cm³/mol. The van der Waals surface area contributed by atoms with E-state index >= 15 is 0 Å². The first kappa shape index (κ1) is 13.4. The molecule has 1 atom stereocenters. The molecule has 0 N–H and O–H groups in total. The molecule has 2 heterocycles. The summed E-state index contributed by atoms with van der Waals surface area (Å²) in [6.07, 6.45) is 1.34. The molecule has 1 aliphatic rings. The van der Waals surface area contributed by atoms with E-state index in [4.69, 9.17) is 5.26 Å². The molecule has 1 saturated heterocycles. The fourth-order valence-electron chi connectivity index (χ4n) is 2.04. The van der Waals surface area contributed by atoms with Crippen molar-refractivity contribution >= 4 is 21.6 Å². The van der Waals surface area contributed by atoms with Crippen molar-refractivity contribution in [2.45, 2.75) is 18.0 Å². The molecule has 6 nitrogen and oxygen atoms in total. The fraction of sp³-hybridized carbons (Fsp3) is 0.700. The number of thioether (sulfide) groups is 1. The van der Waals surface area contributed by atoms with Gasteiger partial charge in [-0.25, -0.2) is 8.42 Å². The number of nitrogens with zero attached hydrogens (tertiary/aromatic N) is 4. The maximum atomic E-state index is 11.4. The van der Waals surface area contributed by atoms with Crippen LogP contribution in [0.1, 0.15) is 12.2 Å². The minimum atomic E-state index is -2.84. The van der Waals surface area contributed by atoms with Crippen LogP contribution in [0.4, 0.5) is 0 Å². The first-order valence-corrected chi connectivity index (χ1v) is 8.41. The second kappa shape index (κ2) is 5.28. The summed E-state index contributed by atoms with van der Waals surface area (Å²) < 4.78 is 24.6. The van der Waals surface area contributed by atoms with Gasteiger partial charge in [0.1, 0.15) is 5.82 Å². The lowest BCUT2D eigenvalue weighted by Gasteiger charge is -2.06. The minimum absolute atomic E-state index is 0.145. The van der Waals surface area contributed by atoms with E-state index in [1.807, 2.05) is 17.7 Å². The topological polar surface area (TPSA) is 88.6 Å². The molecule has 1 aromatic rings. The van der Waals surface area contributed by atoms with Crippen LogP contribution in [0.25, 0.3) is 0 Å².